The van der Waals surface area contributed by atoms with E-state index in [-0.39, 0.29) is 12.1 Å². The van der Waals surface area contributed by atoms with Crippen LogP contribution in [0.25, 0.3) is 22.2 Å². The molecule has 1 aliphatic carbocycles. The Bertz CT molecular complexity index is 1350. The van der Waals surface area contributed by atoms with E-state index in [2.05, 4.69) is 30.7 Å². The van der Waals surface area contributed by atoms with Crippen molar-refractivity contribution < 1.29 is 13.9 Å². The molecular formula is C26H29FN8O2S. The van der Waals surface area contributed by atoms with Gasteiger partial charge in [0.15, 0.2) is 5.13 Å². The Morgan fingerprint density at radius 1 is 0.974 bits per heavy atom. The Kier molecular flexibility index (Phi) is 7.14. The first kappa shape index (κ1) is 24.7. The van der Waals surface area contributed by atoms with Gasteiger partial charge >= 0.3 is 0 Å². The summed E-state index contributed by atoms with van der Waals surface area (Å²) in [6.07, 6.45) is 4.90. The highest BCUT2D eigenvalue weighted by molar-refractivity contribution is 7.18. The van der Waals surface area contributed by atoms with Crippen molar-refractivity contribution in [3.63, 3.8) is 0 Å². The van der Waals surface area contributed by atoms with Crippen LogP contribution in [0.5, 0.6) is 0 Å². The summed E-state index contributed by atoms with van der Waals surface area (Å²) in [6.45, 7) is 1.21. The number of thiazole rings is 1. The van der Waals surface area contributed by atoms with Gasteiger partial charge in [-0.1, -0.05) is 29.5 Å². The van der Waals surface area contributed by atoms with Crippen molar-refractivity contribution in [3.8, 4) is 22.2 Å². The van der Waals surface area contributed by atoms with Gasteiger partial charge in [-0.05, 0) is 50.7 Å². The van der Waals surface area contributed by atoms with Crippen molar-refractivity contribution in [2.45, 2.75) is 56.8 Å². The van der Waals surface area contributed by atoms with E-state index in [0.29, 0.717) is 54.6 Å². The molecule has 38 heavy (non-hydrogen) atoms. The molecule has 1 saturated heterocycles. The molecule has 1 aromatic carbocycles. The fourth-order valence-corrected chi connectivity index (χ4v) is 5.51. The van der Waals surface area contributed by atoms with Crippen LogP contribution in [0.2, 0.25) is 0 Å². The lowest BCUT2D eigenvalue weighted by molar-refractivity contribution is 0.126. The van der Waals surface area contributed by atoms with Crippen LogP contribution in [-0.4, -0.2) is 61.7 Å². The number of rotatable bonds is 7. The second-order valence-corrected chi connectivity index (χ2v) is 10.7. The lowest BCUT2D eigenvalue weighted by Crippen LogP contribution is -2.35. The Hall–Kier alpha value is -3.64. The second kappa shape index (κ2) is 11.0. The van der Waals surface area contributed by atoms with Crippen molar-refractivity contribution in [1.29, 1.82) is 0 Å². The topological polar surface area (TPSA) is 125 Å². The third-order valence-corrected chi connectivity index (χ3v) is 7.79. The minimum absolute atomic E-state index is 0.195. The molecule has 0 amide bonds. The molecule has 3 N–H and O–H groups in total. The summed E-state index contributed by atoms with van der Waals surface area (Å²) in [5.41, 5.74) is 0.854. The quantitative estimate of drug-likeness (QED) is 0.295. The van der Waals surface area contributed by atoms with Gasteiger partial charge in [0.05, 0.1) is 12.3 Å². The van der Waals surface area contributed by atoms with Crippen molar-refractivity contribution in [1.82, 2.24) is 25.1 Å². The van der Waals surface area contributed by atoms with E-state index >= 15 is 0 Å². The van der Waals surface area contributed by atoms with Gasteiger partial charge < -0.3 is 25.1 Å². The monoisotopic (exact) mass is 536 g/mol. The molecule has 0 spiro atoms. The van der Waals surface area contributed by atoms with Crippen LogP contribution in [0.4, 0.5) is 27.1 Å². The van der Waals surface area contributed by atoms with Crippen molar-refractivity contribution in [3.05, 3.63) is 42.6 Å². The van der Waals surface area contributed by atoms with Crippen LogP contribution in [0.15, 0.2) is 47.0 Å². The fourth-order valence-electron chi connectivity index (χ4n) is 4.77. The van der Waals surface area contributed by atoms with Crippen LogP contribution < -0.4 is 15.5 Å². The zero-order valence-electron chi connectivity index (χ0n) is 20.8. The number of benzene rings is 1. The van der Waals surface area contributed by atoms with Gasteiger partial charge in [-0.15, -0.1) is 10.2 Å². The van der Waals surface area contributed by atoms with Gasteiger partial charge in [0.2, 0.25) is 11.8 Å². The number of aromatic nitrogens is 5. The predicted octanol–water partition coefficient (Wildman–Crippen LogP) is 5.05. The average molecular weight is 537 g/mol. The van der Waals surface area contributed by atoms with Crippen molar-refractivity contribution in [2.75, 3.05) is 28.6 Å². The van der Waals surface area contributed by atoms with E-state index < -0.39 is 6.17 Å². The fraction of sp³-hybridized carbons (Fsp3) is 0.423. The number of halogens is 1. The van der Waals surface area contributed by atoms with Crippen LogP contribution in [-0.2, 0) is 0 Å². The molecule has 1 saturated carbocycles. The molecule has 4 aromatic rings. The first-order valence-electron chi connectivity index (χ1n) is 12.9. The molecule has 6 rings (SSSR count). The molecule has 10 nitrogen and oxygen atoms in total. The number of piperidine rings is 1. The first-order chi connectivity index (χ1) is 18.6. The summed E-state index contributed by atoms with van der Waals surface area (Å²) in [4.78, 5) is 16.8. The maximum Gasteiger partial charge on any atom is 0.259 e. The molecule has 0 radical (unpaired) electrons. The van der Waals surface area contributed by atoms with E-state index in [0.717, 1.165) is 41.9 Å². The number of aliphatic hydroxyl groups excluding tert-OH is 1. The molecule has 198 valence electrons. The predicted molar refractivity (Wildman–Crippen MR) is 144 cm³/mol. The molecule has 0 atom stereocenters. The number of nitrogens with one attached hydrogen (secondary N) is 2. The molecule has 3 aromatic heterocycles. The number of nitrogens with zero attached hydrogens (tertiary/aromatic N) is 6. The van der Waals surface area contributed by atoms with Gasteiger partial charge in [0.25, 0.3) is 5.89 Å². The van der Waals surface area contributed by atoms with Crippen molar-refractivity contribution >= 4 is 34.1 Å². The van der Waals surface area contributed by atoms with E-state index in [1.165, 1.54) is 11.3 Å². The molecular weight excluding hydrogens is 507 g/mol. The van der Waals surface area contributed by atoms with Crippen LogP contribution in [0, 0.1) is 0 Å². The maximum absolute atomic E-state index is 13.8. The number of anilines is 4. The molecule has 0 unspecified atom stereocenters. The Morgan fingerprint density at radius 3 is 2.53 bits per heavy atom. The molecule has 1 aliphatic heterocycles. The zero-order chi connectivity index (χ0) is 25.9. The number of hydrogen-bond donors (Lipinski definition) is 3. The van der Waals surface area contributed by atoms with Gasteiger partial charge in [-0.2, -0.15) is 9.97 Å². The SMILES string of the molecule is OC1CCC(Nc2nc(Nc3ncc(-c4nnc(-c5ccccc5)o4)s3)cc(N3CCC(F)CC3)n2)CC1. The molecule has 2 fully saturated rings. The highest BCUT2D eigenvalue weighted by Gasteiger charge is 2.23. The molecule has 4 heterocycles. The molecule has 12 heteroatoms. The smallest absolute Gasteiger partial charge is 0.259 e. The Labute approximate surface area is 223 Å². The molecule has 0 bridgehead atoms. The van der Waals surface area contributed by atoms with E-state index in [9.17, 15) is 9.50 Å². The number of alkyl halides is 1. The van der Waals surface area contributed by atoms with Gasteiger partial charge in [-0.25, -0.2) is 9.37 Å². The lowest BCUT2D eigenvalue weighted by Gasteiger charge is -2.30. The van der Waals surface area contributed by atoms with E-state index in [1.807, 2.05) is 36.4 Å². The van der Waals surface area contributed by atoms with Gasteiger partial charge in [0, 0.05) is 30.8 Å². The van der Waals surface area contributed by atoms with E-state index in [4.69, 9.17) is 14.4 Å². The standard InChI is InChI=1S/C26H29FN8O2S/c27-17-10-12-35(13-11-17)22-14-21(30-25(32-22)29-18-6-8-19(36)9-7-18)31-26-28-15-20(38-26)24-34-33-23(37-24)16-4-2-1-3-5-16/h1-5,14-15,17-19,36H,6-13H2,(H2,28,29,30,31,32). The largest absolute Gasteiger partial charge is 0.415 e. The third kappa shape index (κ3) is 5.76. The number of hydrogen-bond acceptors (Lipinski definition) is 11. The summed E-state index contributed by atoms with van der Waals surface area (Å²) < 4.78 is 19.6. The minimum atomic E-state index is -0.766. The summed E-state index contributed by atoms with van der Waals surface area (Å²) in [5.74, 6) is 2.69. The zero-order valence-corrected chi connectivity index (χ0v) is 21.6. The van der Waals surface area contributed by atoms with Crippen LogP contribution >= 0.6 is 11.3 Å². The van der Waals surface area contributed by atoms with Crippen LogP contribution in [0.1, 0.15) is 38.5 Å². The third-order valence-electron chi connectivity index (χ3n) is 6.89. The van der Waals surface area contributed by atoms with Gasteiger partial charge in [-0.3, -0.25) is 0 Å². The minimum Gasteiger partial charge on any atom is -0.415 e. The highest BCUT2D eigenvalue weighted by Crippen LogP contribution is 2.33. The summed E-state index contributed by atoms with van der Waals surface area (Å²) in [6, 6.07) is 11.7. The van der Waals surface area contributed by atoms with Gasteiger partial charge in [0.1, 0.15) is 22.7 Å². The van der Waals surface area contributed by atoms with Crippen molar-refractivity contribution in [2.24, 2.45) is 0 Å². The highest BCUT2D eigenvalue weighted by atomic mass is 32.1. The Balaban J connectivity index is 1.21. The lowest BCUT2D eigenvalue weighted by atomic mass is 9.93. The normalized spacial score (nSPS) is 20.4. The summed E-state index contributed by atoms with van der Waals surface area (Å²) >= 11 is 1.38. The maximum atomic E-state index is 13.8. The summed E-state index contributed by atoms with van der Waals surface area (Å²) in [5, 5.41) is 25.6. The van der Waals surface area contributed by atoms with E-state index in [1.54, 1.807) is 6.20 Å². The molecule has 2 aliphatic rings. The average Bonchev–Trinajstić information content (AvgIpc) is 3.61. The first-order valence-corrected chi connectivity index (χ1v) is 13.8. The summed E-state index contributed by atoms with van der Waals surface area (Å²) in [7, 11) is 0. The second-order valence-electron chi connectivity index (χ2n) is 9.68. The number of aliphatic hydroxyl groups is 1. The Morgan fingerprint density at radius 2 is 1.74 bits per heavy atom. The van der Waals surface area contributed by atoms with Crippen LogP contribution in [0.3, 0.4) is 0 Å².